The Morgan fingerprint density at radius 2 is 1.69 bits per heavy atom. The number of rotatable bonds is 2. The summed E-state index contributed by atoms with van der Waals surface area (Å²) in [6.07, 6.45) is 3.34. The molecule has 164 valence electrons. The van der Waals surface area contributed by atoms with Crippen molar-refractivity contribution in [2.45, 2.75) is 90.8 Å². The summed E-state index contributed by atoms with van der Waals surface area (Å²) in [5.74, 6) is -1.17. The molecule has 4 saturated carbocycles. The third kappa shape index (κ3) is 3.23. The highest BCUT2D eigenvalue weighted by Crippen LogP contribution is 2.68. The van der Waals surface area contributed by atoms with E-state index in [1.165, 1.54) is 32.6 Å². The normalized spacial score (nSPS) is 47.0. The number of alkyl halides is 3. The van der Waals surface area contributed by atoms with Gasteiger partial charge in [-0.1, -0.05) is 26.7 Å². The fourth-order valence-electron chi connectivity index (χ4n) is 8.28. The van der Waals surface area contributed by atoms with Gasteiger partial charge in [0.1, 0.15) is 11.9 Å². The number of esters is 1. The van der Waals surface area contributed by atoms with Crippen LogP contribution in [0.1, 0.15) is 78.6 Å². The number of fused-ring (bicyclic) bond motifs is 5. The van der Waals surface area contributed by atoms with E-state index in [9.17, 15) is 22.8 Å². The summed E-state index contributed by atoms with van der Waals surface area (Å²) in [7, 11) is 0. The quantitative estimate of drug-likeness (QED) is 0.544. The van der Waals surface area contributed by atoms with Crippen LogP contribution in [-0.2, 0) is 14.3 Å². The van der Waals surface area contributed by atoms with E-state index in [2.05, 4.69) is 13.8 Å². The lowest BCUT2D eigenvalue weighted by atomic mass is 9.44. The predicted molar refractivity (Wildman–Crippen MR) is 102 cm³/mol. The van der Waals surface area contributed by atoms with Crippen LogP contribution in [0.3, 0.4) is 0 Å². The zero-order valence-electron chi connectivity index (χ0n) is 17.7. The first kappa shape index (κ1) is 21.2. The summed E-state index contributed by atoms with van der Waals surface area (Å²) in [6, 6.07) is 0. The average Bonchev–Trinajstić information content (AvgIpc) is 2.93. The molecule has 4 rings (SSSR count). The van der Waals surface area contributed by atoms with Gasteiger partial charge in [0.2, 0.25) is 0 Å². The molecule has 0 bridgehead atoms. The van der Waals surface area contributed by atoms with E-state index in [1.807, 2.05) is 0 Å². The Balaban J connectivity index is 1.67. The summed E-state index contributed by atoms with van der Waals surface area (Å²) < 4.78 is 43.9. The van der Waals surface area contributed by atoms with Crippen LogP contribution < -0.4 is 0 Å². The number of carbonyl (C=O) groups excluding carboxylic acids is 2. The molecule has 0 aromatic carbocycles. The SMILES string of the molecule is CC(=O)[C@H]1CC(OC(=O)C(F)(F)F)[C@H]2[C@@H]3CCC4CCCC[C@]4(C)[C@H]3CC[C@]12C. The van der Waals surface area contributed by atoms with Crippen LogP contribution in [-0.4, -0.2) is 24.0 Å². The molecule has 29 heavy (non-hydrogen) atoms. The standard InChI is InChI=1S/C23H33F3O3/c1-13(27)17-12-18(29-20(28)23(24,25)26)19-15-8-7-14-6-4-5-10-21(14,2)16(15)9-11-22(17,19)3/h14-19H,4-12H2,1-3H3/t14?,15-,16+,17-,18?,19-,21+,22-/m1/s1. The monoisotopic (exact) mass is 414 g/mol. The summed E-state index contributed by atoms with van der Waals surface area (Å²) in [6.45, 7) is 5.99. The van der Waals surface area contributed by atoms with Gasteiger partial charge >= 0.3 is 12.1 Å². The van der Waals surface area contributed by atoms with E-state index in [-0.39, 0.29) is 40.8 Å². The zero-order chi connectivity index (χ0) is 21.2. The maximum Gasteiger partial charge on any atom is 0.490 e. The van der Waals surface area contributed by atoms with Crippen LogP contribution in [0.2, 0.25) is 0 Å². The molecule has 0 heterocycles. The van der Waals surface area contributed by atoms with Gasteiger partial charge in [0.05, 0.1) is 0 Å². The third-order valence-corrected chi connectivity index (χ3v) is 9.52. The van der Waals surface area contributed by atoms with Crippen molar-refractivity contribution in [2.24, 2.45) is 40.4 Å². The molecule has 0 radical (unpaired) electrons. The van der Waals surface area contributed by atoms with Gasteiger partial charge in [0.25, 0.3) is 0 Å². The molecular formula is C23H33F3O3. The first-order valence-corrected chi connectivity index (χ1v) is 11.3. The van der Waals surface area contributed by atoms with Crippen molar-refractivity contribution in [2.75, 3.05) is 0 Å². The highest BCUT2D eigenvalue weighted by atomic mass is 19.4. The van der Waals surface area contributed by atoms with Crippen LogP contribution in [0, 0.1) is 40.4 Å². The third-order valence-electron chi connectivity index (χ3n) is 9.52. The molecule has 0 N–H and O–H groups in total. The van der Waals surface area contributed by atoms with Gasteiger partial charge in [0.15, 0.2) is 0 Å². The Labute approximate surface area is 171 Å². The molecule has 0 spiro atoms. The van der Waals surface area contributed by atoms with E-state index >= 15 is 0 Å². The van der Waals surface area contributed by atoms with Crippen molar-refractivity contribution in [1.82, 2.24) is 0 Å². The first-order chi connectivity index (χ1) is 13.5. The summed E-state index contributed by atoms with van der Waals surface area (Å²) >= 11 is 0. The van der Waals surface area contributed by atoms with Crippen molar-refractivity contribution < 1.29 is 27.5 Å². The molecule has 4 fully saturated rings. The topological polar surface area (TPSA) is 43.4 Å². The molecule has 0 amide bonds. The molecule has 0 aromatic rings. The average molecular weight is 415 g/mol. The molecular weight excluding hydrogens is 381 g/mol. The Morgan fingerprint density at radius 3 is 2.34 bits per heavy atom. The molecule has 0 aliphatic heterocycles. The van der Waals surface area contributed by atoms with Crippen molar-refractivity contribution in [1.29, 1.82) is 0 Å². The largest absolute Gasteiger partial charge is 0.490 e. The fourth-order valence-corrected chi connectivity index (χ4v) is 8.28. The minimum absolute atomic E-state index is 0.0130. The molecule has 2 unspecified atom stereocenters. The number of ketones is 1. The summed E-state index contributed by atoms with van der Waals surface area (Å²) in [5, 5.41) is 0. The second-order valence-electron chi connectivity index (χ2n) is 10.7. The van der Waals surface area contributed by atoms with Gasteiger partial charge in [-0.2, -0.15) is 13.2 Å². The summed E-state index contributed by atoms with van der Waals surface area (Å²) in [5.41, 5.74) is -0.142. The maximum atomic E-state index is 13.0. The second kappa shape index (κ2) is 6.98. The fraction of sp³-hybridized carbons (Fsp3) is 0.913. The number of Topliss-reactive ketones (excluding diaryl/α,β-unsaturated/α-hetero) is 1. The molecule has 0 saturated heterocycles. The van der Waals surface area contributed by atoms with Crippen molar-refractivity contribution in [3.05, 3.63) is 0 Å². The van der Waals surface area contributed by atoms with Crippen LogP contribution >= 0.6 is 0 Å². The minimum Gasteiger partial charge on any atom is -0.455 e. The molecule has 4 aliphatic carbocycles. The second-order valence-corrected chi connectivity index (χ2v) is 10.7. The van der Waals surface area contributed by atoms with Gasteiger partial charge in [-0.25, -0.2) is 4.79 Å². The van der Waals surface area contributed by atoms with Crippen molar-refractivity contribution in [3.8, 4) is 0 Å². The van der Waals surface area contributed by atoms with Crippen LogP contribution in [0.4, 0.5) is 13.2 Å². The van der Waals surface area contributed by atoms with Crippen LogP contribution in [0.15, 0.2) is 0 Å². The Hall–Kier alpha value is -1.07. The number of ether oxygens (including phenoxy) is 1. The summed E-state index contributed by atoms with van der Waals surface area (Å²) in [4.78, 5) is 24.1. The van der Waals surface area contributed by atoms with E-state index < -0.39 is 18.2 Å². The lowest BCUT2D eigenvalue weighted by Crippen LogP contribution is -2.55. The van der Waals surface area contributed by atoms with Gasteiger partial charge in [-0.05, 0) is 80.5 Å². The van der Waals surface area contributed by atoms with Gasteiger partial charge in [-0.3, -0.25) is 4.79 Å². The molecule has 8 atom stereocenters. The highest BCUT2D eigenvalue weighted by molar-refractivity contribution is 5.80. The molecule has 3 nitrogen and oxygen atoms in total. The lowest BCUT2D eigenvalue weighted by Gasteiger charge is -2.60. The van der Waals surface area contributed by atoms with E-state index in [0.29, 0.717) is 11.8 Å². The molecule has 0 aromatic heterocycles. The predicted octanol–water partition coefficient (Wildman–Crippen LogP) is 5.71. The maximum absolute atomic E-state index is 13.0. The lowest BCUT2D eigenvalue weighted by molar-refractivity contribution is -0.211. The van der Waals surface area contributed by atoms with Gasteiger partial charge in [-0.15, -0.1) is 0 Å². The first-order valence-electron chi connectivity index (χ1n) is 11.3. The van der Waals surface area contributed by atoms with E-state index in [0.717, 1.165) is 25.7 Å². The Bertz CT molecular complexity index is 689. The van der Waals surface area contributed by atoms with Crippen molar-refractivity contribution in [3.63, 3.8) is 0 Å². The number of carbonyl (C=O) groups is 2. The highest BCUT2D eigenvalue weighted by Gasteiger charge is 2.64. The van der Waals surface area contributed by atoms with Crippen molar-refractivity contribution >= 4 is 11.8 Å². The zero-order valence-corrected chi connectivity index (χ0v) is 17.7. The van der Waals surface area contributed by atoms with E-state index in [4.69, 9.17) is 4.74 Å². The van der Waals surface area contributed by atoms with Gasteiger partial charge < -0.3 is 4.74 Å². The Morgan fingerprint density at radius 1 is 0.966 bits per heavy atom. The van der Waals surface area contributed by atoms with Crippen LogP contribution in [0.25, 0.3) is 0 Å². The number of hydrogen-bond donors (Lipinski definition) is 0. The molecule has 4 aliphatic rings. The number of halogens is 3. The smallest absolute Gasteiger partial charge is 0.455 e. The Kier molecular flexibility index (Phi) is 5.10. The number of hydrogen-bond acceptors (Lipinski definition) is 3. The minimum atomic E-state index is -4.99. The van der Waals surface area contributed by atoms with Crippen LogP contribution in [0.5, 0.6) is 0 Å². The van der Waals surface area contributed by atoms with E-state index in [1.54, 1.807) is 0 Å². The molecule has 6 heteroatoms. The van der Waals surface area contributed by atoms with Gasteiger partial charge in [0, 0.05) is 11.8 Å².